The number of aromatic nitrogens is 2. The summed E-state index contributed by atoms with van der Waals surface area (Å²) in [7, 11) is 1.76. The van der Waals surface area contributed by atoms with E-state index in [4.69, 9.17) is 0 Å². The van der Waals surface area contributed by atoms with Gasteiger partial charge in [0.05, 0.1) is 17.3 Å². The van der Waals surface area contributed by atoms with Crippen molar-refractivity contribution in [3.63, 3.8) is 0 Å². The molecule has 2 aromatic rings. The number of amides is 1. The Balaban J connectivity index is 1.94. The number of nitrogens with one attached hydrogen (secondary N) is 1. The maximum atomic E-state index is 12.3. The summed E-state index contributed by atoms with van der Waals surface area (Å²) in [6.07, 6.45) is 4.14. The highest BCUT2D eigenvalue weighted by atomic mass is 32.1. The molecule has 2 aromatic heterocycles. The molecular formula is C14H15N3O3S. The molecule has 21 heavy (non-hydrogen) atoms. The van der Waals surface area contributed by atoms with E-state index in [1.165, 1.54) is 17.5 Å². The van der Waals surface area contributed by atoms with Gasteiger partial charge in [-0.15, -0.1) is 11.3 Å². The first-order valence-corrected chi connectivity index (χ1v) is 7.48. The van der Waals surface area contributed by atoms with Gasteiger partial charge in [-0.05, 0) is 31.7 Å². The normalized spacial score (nSPS) is 13.2. The Kier molecular flexibility index (Phi) is 3.29. The van der Waals surface area contributed by atoms with E-state index in [2.05, 4.69) is 10.4 Å². The maximum absolute atomic E-state index is 12.3. The van der Waals surface area contributed by atoms with Crippen molar-refractivity contribution in [2.24, 2.45) is 7.05 Å². The molecule has 7 heteroatoms. The van der Waals surface area contributed by atoms with Gasteiger partial charge in [0.2, 0.25) is 0 Å². The molecule has 0 saturated carbocycles. The van der Waals surface area contributed by atoms with E-state index < -0.39 is 5.97 Å². The topological polar surface area (TPSA) is 84.2 Å². The van der Waals surface area contributed by atoms with Gasteiger partial charge in [-0.3, -0.25) is 9.48 Å². The third kappa shape index (κ3) is 2.23. The first kappa shape index (κ1) is 13.8. The van der Waals surface area contributed by atoms with Crippen LogP contribution in [0.4, 0.5) is 5.00 Å². The molecule has 6 nitrogen and oxygen atoms in total. The highest BCUT2D eigenvalue weighted by Crippen LogP contribution is 2.39. The number of anilines is 1. The smallest absolute Gasteiger partial charge is 0.339 e. The van der Waals surface area contributed by atoms with Crippen LogP contribution < -0.4 is 5.32 Å². The van der Waals surface area contributed by atoms with E-state index in [0.29, 0.717) is 10.6 Å². The van der Waals surface area contributed by atoms with Crippen LogP contribution in [0.2, 0.25) is 0 Å². The van der Waals surface area contributed by atoms with Gasteiger partial charge in [0.15, 0.2) is 0 Å². The molecule has 1 aliphatic rings. The molecule has 110 valence electrons. The lowest BCUT2D eigenvalue weighted by atomic mass is 10.1. The third-order valence-corrected chi connectivity index (χ3v) is 5.05. The van der Waals surface area contributed by atoms with E-state index in [1.54, 1.807) is 18.7 Å². The van der Waals surface area contributed by atoms with Gasteiger partial charge in [-0.2, -0.15) is 5.10 Å². The number of aromatic carboxylic acids is 1. The molecule has 0 spiro atoms. The lowest BCUT2D eigenvalue weighted by Gasteiger charge is -2.05. The van der Waals surface area contributed by atoms with Gasteiger partial charge in [0, 0.05) is 17.6 Å². The summed E-state index contributed by atoms with van der Waals surface area (Å²) in [5, 5.41) is 16.6. The third-order valence-electron chi connectivity index (χ3n) is 3.84. The van der Waals surface area contributed by atoms with Crippen molar-refractivity contribution in [3.05, 3.63) is 33.5 Å². The van der Waals surface area contributed by atoms with Gasteiger partial charge >= 0.3 is 5.97 Å². The second-order valence-electron chi connectivity index (χ2n) is 5.09. The zero-order valence-electron chi connectivity index (χ0n) is 11.8. The van der Waals surface area contributed by atoms with E-state index in [9.17, 15) is 14.7 Å². The quantitative estimate of drug-likeness (QED) is 0.910. The average molecular weight is 305 g/mol. The number of carboxylic acid groups (broad SMARTS) is 1. The van der Waals surface area contributed by atoms with Gasteiger partial charge in [0.25, 0.3) is 5.91 Å². The first-order valence-electron chi connectivity index (χ1n) is 6.66. The highest BCUT2D eigenvalue weighted by Gasteiger charge is 2.27. The lowest BCUT2D eigenvalue weighted by Crippen LogP contribution is -2.14. The fourth-order valence-corrected chi connectivity index (χ4v) is 3.89. The summed E-state index contributed by atoms with van der Waals surface area (Å²) in [5.74, 6) is -1.30. The molecule has 0 unspecified atom stereocenters. The van der Waals surface area contributed by atoms with Crippen molar-refractivity contribution >= 4 is 28.2 Å². The molecule has 1 aliphatic carbocycles. The van der Waals surface area contributed by atoms with Crippen LogP contribution in [0.15, 0.2) is 6.20 Å². The fourth-order valence-electron chi connectivity index (χ4n) is 2.61. The van der Waals surface area contributed by atoms with Crippen LogP contribution in [0.25, 0.3) is 0 Å². The summed E-state index contributed by atoms with van der Waals surface area (Å²) in [5.41, 5.74) is 2.34. The molecule has 0 radical (unpaired) electrons. The summed E-state index contributed by atoms with van der Waals surface area (Å²) >= 11 is 1.37. The number of rotatable bonds is 3. The molecular weight excluding hydrogens is 290 g/mol. The number of hydrogen-bond donors (Lipinski definition) is 2. The molecule has 2 heterocycles. The highest BCUT2D eigenvalue weighted by molar-refractivity contribution is 7.17. The SMILES string of the molecule is Cc1c(C(=O)Nc2sc3c(c2C(=O)O)CCC3)cnn1C. The average Bonchev–Trinajstić information content (AvgIpc) is 3.05. The Morgan fingerprint density at radius 3 is 2.81 bits per heavy atom. The minimum atomic E-state index is -0.979. The van der Waals surface area contributed by atoms with Crippen LogP contribution in [0, 0.1) is 6.92 Å². The number of carbonyl (C=O) groups is 2. The van der Waals surface area contributed by atoms with Crippen LogP contribution in [-0.2, 0) is 19.9 Å². The molecule has 0 fully saturated rings. The predicted octanol–water partition coefficient (Wildman–Crippen LogP) is 2.23. The van der Waals surface area contributed by atoms with E-state index in [-0.39, 0.29) is 11.5 Å². The monoisotopic (exact) mass is 305 g/mol. The zero-order chi connectivity index (χ0) is 15.1. The minimum Gasteiger partial charge on any atom is -0.478 e. The molecule has 0 atom stereocenters. The molecule has 0 aromatic carbocycles. The van der Waals surface area contributed by atoms with Crippen molar-refractivity contribution in [1.82, 2.24) is 9.78 Å². The van der Waals surface area contributed by atoms with E-state index in [1.807, 2.05) is 0 Å². The van der Waals surface area contributed by atoms with Crippen LogP contribution in [0.5, 0.6) is 0 Å². The summed E-state index contributed by atoms with van der Waals surface area (Å²) in [6, 6.07) is 0. The Morgan fingerprint density at radius 1 is 1.43 bits per heavy atom. The summed E-state index contributed by atoms with van der Waals surface area (Å²) in [4.78, 5) is 24.8. The zero-order valence-corrected chi connectivity index (χ0v) is 12.6. The molecule has 0 bridgehead atoms. The van der Waals surface area contributed by atoms with E-state index >= 15 is 0 Å². The van der Waals surface area contributed by atoms with Crippen LogP contribution in [0.3, 0.4) is 0 Å². The number of aryl methyl sites for hydroxylation is 2. The minimum absolute atomic E-state index is 0.252. The second-order valence-corrected chi connectivity index (χ2v) is 6.19. The van der Waals surface area contributed by atoms with Gasteiger partial charge in [0.1, 0.15) is 5.00 Å². The largest absolute Gasteiger partial charge is 0.478 e. The molecule has 1 amide bonds. The predicted molar refractivity (Wildman–Crippen MR) is 79.2 cm³/mol. The van der Waals surface area contributed by atoms with Crippen LogP contribution in [0.1, 0.15) is 43.3 Å². The van der Waals surface area contributed by atoms with E-state index in [0.717, 1.165) is 35.4 Å². The summed E-state index contributed by atoms with van der Waals surface area (Å²) in [6.45, 7) is 1.80. The molecule has 0 saturated heterocycles. The van der Waals surface area contributed by atoms with Gasteiger partial charge in [-0.1, -0.05) is 0 Å². The van der Waals surface area contributed by atoms with Crippen molar-refractivity contribution in [2.45, 2.75) is 26.2 Å². The first-order chi connectivity index (χ1) is 9.99. The standard InChI is InChI=1S/C14H15N3O3S/c1-7-9(6-15-17(7)2)12(18)16-13-11(14(19)20)8-4-3-5-10(8)21-13/h6H,3-5H2,1-2H3,(H,16,18)(H,19,20). The number of nitrogens with zero attached hydrogens (tertiary/aromatic N) is 2. The maximum Gasteiger partial charge on any atom is 0.339 e. The number of thiophene rings is 1. The number of hydrogen-bond acceptors (Lipinski definition) is 4. The molecule has 2 N–H and O–H groups in total. The Hall–Kier alpha value is -2.15. The lowest BCUT2D eigenvalue weighted by molar-refractivity contribution is 0.0697. The van der Waals surface area contributed by atoms with Crippen molar-refractivity contribution < 1.29 is 14.7 Å². The number of carbonyl (C=O) groups excluding carboxylic acids is 1. The van der Waals surface area contributed by atoms with Crippen molar-refractivity contribution in [2.75, 3.05) is 5.32 Å². The molecule has 3 rings (SSSR count). The number of carboxylic acids is 1. The Bertz CT molecular complexity index is 745. The second kappa shape index (κ2) is 5.00. The van der Waals surface area contributed by atoms with Crippen LogP contribution in [-0.4, -0.2) is 26.8 Å². The summed E-state index contributed by atoms with van der Waals surface area (Å²) < 4.78 is 1.61. The van der Waals surface area contributed by atoms with Crippen molar-refractivity contribution in [1.29, 1.82) is 0 Å². The Morgan fingerprint density at radius 2 is 2.19 bits per heavy atom. The fraction of sp³-hybridized carbons (Fsp3) is 0.357. The Labute approximate surface area is 125 Å². The number of fused-ring (bicyclic) bond motifs is 1. The van der Waals surface area contributed by atoms with Gasteiger partial charge in [-0.25, -0.2) is 4.79 Å². The van der Waals surface area contributed by atoms with Crippen LogP contribution >= 0.6 is 11.3 Å². The van der Waals surface area contributed by atoms with Gasteiger partial charge < -0.3 is 10.4 Å². The van der Waals surface area contributed by atoms with Crippen molar-refractivity contribution in [3.8, 4) is 0 Å². The molecule has 0 aliphatic heterocycles.